The van der Waals surface area contributed by atoms with Crippen molar-refractivity contribution in [3.05, 3.63) is 57.5 Å². The van der Waals surface area contributed by atoms with Crippen molar-refractivity contribution in [1.29, 1.82) is 0 Å². The highest BCUT2D eigenvalue weighted by atomic mass is 16.5. The van der Waals surface area contributed by atoms with Crippen LogP contribution in [0.15, 0.2) is 35.3 Å². The third-order valence-corrected chi connectivity index (χ3v) is 4.61. The zero-order valence-corrected chi connectivity index (χ0v) is 16.0. The van der Waals surface area contributed by atoms with E-state index in [1.807, 2.05) is 12.1 Å². The minimum atomic E-state index is -1.49. The summed E-state index contributed by atoms with van der Waals surface area (Å²) in [6, 6.07) is 7.21. The fraction of sp³-hybridized carbons (Fsp3) is 0.316. The van der Waals surface area contributed by atoms with Gasteiger partial charge in [0.05, 0.1) is 20.3 Å². The summed E-state index contributed by atoms with van der Waals surface area (Å²) >= 11 is 0. The number of aromatic hydroxyl groups is 1. The van der Waals surface area contributed by atoms with E-state index in [9.17, 15) is 24.6 Å². The second-order valence-electron chi connectivity index (χ2n) is 6.43. The quantitative estimate of drug-likeness (QED) is 0.684. The Labute approximate surface area is 166 Å². The molecule has 2 N–H and O–H groups in total. The first-order valence-electron chi connectivity index (χ1n) is 8.75. The minimum absolute atomic E-state index is 0.114. The van der Waals surface area contributed by atoms with Crippen LogP contribution >= 0.6 is 0 Å². The molecule has 0 fully saturated rings. The van der Waals surface area contributed by atoms with E-state index in [4.69, 9.17) is 9.47 Å². The molecular weight excluding hydrogens is 382 g/mol. The van der Waals surface area contributed by atoms with Crippen molar-refractivity contribution in [1.82, 2.24) is 9.58 Å². The highest BCUT2D eigenvalue weighted by molar-refractivity contribution is 5.97. The Hall–Kier alpha value is -3.53. The number of methoxy groups -OCH3 is 2. The number of hydrogen-bond acceptors (Lipinski definition) is 7. The molecule has 2 heterocycles. The standard InChI is InChI=1S/C19H21N3O7/c1-28-8-7-20-11-21(9-12-3-5-13(29-2)6-4-12)22-10-14(19(26)27)16(23)17(24)15(22)18(20)25/h3-6,10,24H,7-9,11H2,1-2H3,(H,26,27). The molecule has 2 aromatic rings. The van der Waals surface area contributed by atoms with E-state index >= 15 is 0 Å². The highest BCUT2D eigenvalue weighted by Gasteiger charge is 2.34. The van der Waals surface area contributed by atoms with E-state index in [0.29, 0.717) is 5.75 Å². The Bertz CT molecular complexity index is 985. The van der Waals surface area contributed by atoms with Crippen LogP contribution in [0, 0.1) is 0 Å². The number of rotatable bonds is 7. The number of hydrogen-bond donors (Lipinski definition) is 2. The van der Waals surface area contributed by atoms with E-state index in [-0.39, 0.29) is 32.1 Å². The molecule has 1 aromatic carbocycles. The van der Waals surface area contributed by atoms with Crippen molar-refractivity contribution in [2.24, 2.45) is 0 Å². The lowest BCUT2D eigenvalue weighted by molar-refractivity contribution is 0.0613. The third-order valence-electron chi connectivity index (χ3n) is 4.61. The second kappa shape index (κ2) is 8.23. The van der Waals surface area contributed by atoms with Crippen LogP contribution in [0.3, 0.4) is 0 Å². The summed E-state index contributed by atoms with van der Waals surface area (Å²) < 4.78 is 11.4. The van der Waals surface area contributed by atoms with E-state index < -0.39 is 28.6 Å². The molecule has 10 heteroatoms. The number of carbonyl (C=O) groups is 2. The number of fused-ring (bicyclic) bond motifs is 1. The number of amides is 1. The van der Waals surface area contributed by atoms with Gasteiger partial charge in [-0.3, -0.25) is 19.3 Å². The third kappa shape index (κ3) is 3.87. The fourth-order valence-corrected chi connectivity index (χ4v) is 3.08. The van der Waals surface area contributed by atoms with Crippen LogP contribution in [0.2, 0.25) is 0 Å². The van der Waals surface area contributed by atoms with Gasteiger partial charge in [0, 0.05) is 19.9 Å². The van der Waals surface area contributed by atoms with Crippen molar-refractivity contribution < 1.29 is 29.3 Å². The average molecular weight is 403 g/mol. The SMILES string of the molecule is COCCN1CN(Cc2ccc(OC)cc2)n2cc(C(=O)O)c(=O)c(O)c2C1=O. The van der Waals surface area contributed by atoms with Crippen LogP contribution < -0.4 is 15.2 Å². The smallest absolute Gasteiger partial charge is 0.341 e. The Morgan fingerprint density at radius 1 is 1.17 bits per heavy atom. The maximum Gasteiger partial charge on any atom is 0.341 e. The zero-order chi connectivity index (χ0) is 21.1. The molecule has 0 radical (unpaired) electrons. The largest absolute Gasteiger partial charge is 0.502 e. The first-order chi connectivity index (χ1) is 13.9. The van der Waals surface area contributed by atoms with Gasteiger partial charge in [0.2, 0.25) is 5.43 Å². The molecule has 0 bridgehead atoms. The minimum Gasteiger partial charge on any atom is -0.502 e. The topological polar surface area (TPSA) is 122 Å². The number of aromatic nitrogens is 1. The molecule has 0 unspecified atom stereocenters. The summed E-state index contributed by atoms with van der Waals surface area (Å²) in [5.74, 6) is -2.28. The Balaban J connectivity index is 2.07. The predicted molar refractivity (Wildman–Crippen MR) is 102 cm³/mol. The monoisotopic (exact) mass is 403 g/mol. The van der Waals surface area contributed by atoms with Gasteiger partial charge in [0.25, 0.3) is 5.91 Å². The van der Waals surface area contributed by atoms with Gasteiger partial charge in [0.1, 0.15) is 18.0 Å². The van der Waals surface area contributed by atoms with Crippen molar-refractivity contribution >= 4 is 11.9 Å². The number of aromatic carboxylic acids is 1. The Morgan fingerprint density at radius 2 is 1.86 bits per heavy atom. The lowest BCUT2D eigenvalue weighted by atomic mass is 10.1. The summed E-state index contributed by atoms with van der Waals surface area (Å²) in [5, 5.41) is 21.3. The van der Waals surface area contributed by atoms with Crippen molar-refractivity contribution in [3.8, 4) is 11.5 Å². The van der Waals surface area contributed by atoms with E-state index in [1.54, 1.807) is 24.3 Å². The lowest BCUT2D eigenvalue weighted by Crippen LogP contribution is -2.54. The summed E-state index contributed by atoms with van der Waals surface area (Å²) in [5.41, 5.74) is -1.15. The number of carboxylic acid groups (broad SMARTS) is 1. The summed E-state index contributed by atoms with van der Waals surface area (Å²) in [6.07, 6.45) is 1.06. The normalized spacial score (nSPS) is 13.4. The number of benzene rings is 1. The molecule has 3 rings (SSSR count). The van der Waals surface area contributed by atoms with Crippen LogP contribution in [0.5, 0.6) is 11.5 Å². The van der Waals surface area contributed by atoms with Crippen molar-refractivity contribution in [3.63, 3.8) is 0 Å². The highest BCUT2D eigenvalue weighted by Crippen LogP contribution is 2.23. The van der Waals surface area contributed by atoms with Gasteiger partial charge in [-0.25, -0.2) is 4.79 Å². The second-order valence-corrected chi connectivity index (χ2v) is 6.43. The van der Waals surface area contributed by atoms with E-state index in [2.05, 4.69) is 0 Å². The summed E-state index contributed by atoms with van der Waals surface area (Å²) in [7, 11) is 3.06. The lowest BCUT2D eigenvalue weighted by Gasteiger charge is -2.39. The maximum absolute atomic E-state index is 12.8. The van der Waals surface area contributed by atoms with E-state index in [1.165, 1.54) is 16.7 Å². The summed E-state index contributed by atoms with van der Waals surface area (Å²) in [4.78, 5) is 37.9. The van der Waals surface area contributed by atoms with Gasteiger partial charge in [-0.2, -0.15) is 0 Å². The molecule has 1 aromatic heterocycles. The molecule has 154 valence electrons. The maximum atomic E-state index is 12.8. The first-order valence-corrected chi connectivity index (χ1v) is 8.75. The number of carbonyl (C=O) groups excluding carboxylic acids is 1. The first kappa shape index (κ1) is 20.2. The van der Waals surface area contributed by atoms with Crippen molar-refractivity contribution in [2.75, 3.05) is 39.0 Å². The van der Waals surface area contributed by atoms with Gasteiger partial charge in [-0.05, 0) is 17.7 Å². The molecule has 1 aliphatic heterocycles. The fourth-order valence-electron chi connectivity index (χ4n) is 3.08. The Kier molecular flexibility index (Phi) is 5.74. The van der Waals surface area contributed by atoms with Gasteiger partial charge in [-0.1, -0.05) is 12.1 Å². The van der Waals surface area contributed by atoms with Crippen LogP contribution in [0.1, 0.15) is 26.4 Å². The van der Waals surface area contributed by atoms with Gasteiger partial charge in [0.15, 0.2) is 11.4 Å². The van der Waals surface area contributed by atoms with Gasteiger partial charge in [-0.15, -0.1) is 0 Å². The molecular formula is C19H21N3O7. The predicted octanol–water partition coefficient (Wildman–Crippen LogP) is 0.459. The Morgan fingerprint density at radius 3 is 2.45 bits per heavy atom. The zero-order valence-electron chi connectivity index (χ0n) is 16.0. The van der Waals surface area contributed by atoms with Crippen molar-refractivity contribution in [2.45, 2.75) is 6.54 Å². The molecule has 0 atom stereocenters. The molecule has 0 saturated heterocycles. The van der Waals surface area contributed by atoms with Gasteiger partial charge >= 0.3 is 5.97 Å². The molecule has 29 heavy (non-hydrogen) atoms. The van der Waals surface area contributed by atoms with Crippen LogP contribution in [0.25, 0.3) is 0 Å². The van der Waals surface area contributed by atoms with Gasteiger partial charge < -0.3 is 24.6 Å². The molecule has 10 nitrogen and oxygen atoms in total. The average Bonchev–Trinajstić information content (AvgIpc) is 2.71. The number of ether oxygens (including phenoxy) is 2. The molecule has 1 aliphatic rings. The molecule has 0 spiro atoms. The molecule has 1 amide bonds. The van der Waals surface area contributed by atoms with Crippen LogP contribution in [-0.4, -0.2) is 65.7 Å². The summed E-state index contributed by atoms with van der Waals surface area (Å²) in [6.45, 7) is 0.904. The van der Waals surface area contributed by atoms with Crippen LogP contribution in [0.4, 0.5) is 0 Å². The number of nitrogens with zero attached hydrogens (tertiary/aromatic N) is 3. The molecule has 0 saturated carbocycles. The van der Waals surface area contributed by atoms with E-state index in [0.717, 1.165) is 11.8 Å². The molecule has 0 aliphatic carbocycles. The number of pyridine rings is 1. The van der Waals surface area contributed by atoms with Crippen LogP contribution in [-0.2, 0) is 11.3 Å². The number of carboxylic acids is 1.